The van der Waals surface area contributed by atoms with Crippen molar-refractivity contribution in [3.63, 3.8) is 0 Å². The van der Waals surface area contributed by atoms with Crippen LogP contribution in [0.3, 0.4) is 0 Å². The van der Waals surface area contributed by atoms with Crippen molar-refractivity contribution < 1.29 is 9.22 Å². The standard InChI is InChI=1S/C19H36O2SSi/c1-9-15(6)14-16(7)18(17(8)19(20)22-10-2)21-23(11-3,12-4)13-5/h9,14,17-18H,10-13H2,1-8H3/b15-9+,16-14+/t17-,18-/m1/s1. The molecule has 0 saturated carbocycles. The lowest BCUT2D eigenvalue weighted by molar-refractivity contribution is -0.116. The second-order valence-electron chi connectivity index (χ2n) is 6.24. The molecule has 23 heavy (non-hydrogen) atoms. The summed E-state index contributed by atoms with van der Waals surface area (Å²) in [5, 5.41) is 0.245. The van der Waals surface area contributed by atoms with Gasteiger partial charge >= 0.3 is 0 Å². The average molecular weight is 357 g/mol. The van der Waals surface area contributed by atoms with Crippen LogP contribution in [0.15, 0.2) is 23.3 Å². The van der Waals surface area contributed by atoms with Crippen LogP contribution in [-0.2, 0) is 9.22 Å². The Morgan fingerprint density at radius 1 is 1.13 bits per heavy atom. The van der Waals surface area contributed by atoms with E-state index in [2.05, 4.69) is 46.8 Å². The quantitative estimate of drug-likeness (QED) is 0.344. The van der Waals surface area contributed by atoms with Crippen LogP contribution >= 0.6 is 11.8 Å². The first-order valence-corrected chi connectivity index (χ1v) is 12.5. The number of hydrogen-bond acceptors (Lipinski definition) is 3. The van der Waals surface area contributed by atoms with Gasteiger partial charge in [0.15, 0.2) is 13.4 Å². The third-order valence-corrected chi connectivity index (χ3v) is 10.3. The summed E-state index contributed by atoms with van der Waals surface area (Å²) >= 11 is 1.41. The largest absolute Gasteiger partial charge is 0.410 e. The van der Waals surface area contributed by atoms with Gasteiger partial charge in [-0.25, -0.2) is 0 Å². The number of carbonyl (C=O) groups excluding carboxylic acids is 1. The number of thioether (sulfide) groups is 1. The van der Waals surface area contributed by atoms with Crippen LogP contribution in [0.4, 0.5) is 0 Å². The molecular weight excluding hydrogens is 320 g/mol. The van der Waals surface area contributed by atoms with E-state index in [-0.39, 0.29) is 17.1 Å². The Balaban J connectivity index is 5.62. The number of rotatable bonds is 10. The van der Waals surface area contributed by atoms with Gasteiger partial charge in [0.2, 0.25) is 0 Å². The van der Waals surface area contributed by atoms with Gasteiger partial charge < -0.3 is 4.43 Å². The second kappa shape index (κ2) is 11.3. The van der Waals surface area contributed by atoms with Gasteiger partial charge in [-0.05, 0) is 50.2 Å². The van der Waals surface area contributed by atoms with Gasteiger partial charge in [-0.2, -0.15) is 0 Å². The maximum Gasteiger partial charge on any atom is 0.194 e. The molecule has 2 nitrogen and oxygen atoms in total. The fraction of sp³-hybridized carbons (Fsp3) is 0.737. The Morgan fingerprint density at radius 3 is 2.04 bits per heavy atom. The third-order valence-electron chi connectivity index (χ3n) is 4.78. The highest BCUT2D eigenvalue weighted by molar-refractivity contribution is 8.13. The second-order valence-corrected chi connectivity index (χ2v) is 12.2. The molecule has 0 fully saturated rings. The Hall–Kier alpha value is -0.323. The van der Waals surface area contributed by atoms with E-state index in [0.29, 0.717) is 0 Å². The highest BCUT2D eigenvalue weighted by atomic mass is 32.2. The molecule has 0 aliphatic carbocycles. The zero-order valence-electron chi connectivity index (χ0n) is 16.4. The molecule has 0 aliphatic heterocycles. The van der Waals surface area contributed by atoms with E-state index in [0.717, 1.165) is 23.9 Å². The van der Waals surface area contributed by atoms with Crippen LogP contribution in [0.5, 0.6) is 0 Å². The highest BCUT2D eigenvalue weighted by Gasteiger charge is 2.36. The molecule has 2 atom stereocenters. The normalized spacial score (nSPS) is 16.3. The van der Waals surface area contributed by atoms with Gasteiger partial charge in [0, 0.05) is 0 Å². The SMILES string of the molecule is C/C=C(C)/C=C(\C)[C@@H](O[Si](CC)(CC)CC)[C@@H](C)C(=O)SCC. The molecule has 0 unspecified atom stereocenters. The van der Waals surface area contributed by atoms with Crippen molar-refractivity contribution in [3.05, 3.63) is 23.3 Å². The van der Waals surface area contributed by atoms with Crippen molar-refractivity contribution >= 4 is 25.2 Å². The molecular formula is C19H36O2SSi. The molecule has 0 amide bonds. The highest BCUT2D eigenvalue weighted by Crippen LogP contribution is 2.31. The fourth-order valence-electron chi connectivity index (χ4n) is 2.78. The van der Waals surface area contributed by atoms with Crippen LogP contribution in [0.2, 0.25) is 18.1 Å². The zero-order chi connectivity index (χ0) is 18.0. The molecule has 0 aromatic carbocycles. The van der Waals surface area contributed by atoms with Gasteiger partial charge in [0.1, 0.15) is 0 Å². The molecule has 0 spiro atoms. The summed E-state index contributed by atoms with van der Waals surface area (Å²) < 4.78 is 6.73. The molecule has 0 saturated heterocycles. The van der Waals surface area contributed by atoms with Crippen LogP contribution in [0.1, 0.15) is 55.4 Å². The lowest BCUT2D eigenvalue weighted by atomic mass is 9.98. The molecule has 4 heteroatoms. The summed E-state index contributed by atoms with van der Waals surface area (Å²) in [6, 6.07) is 3.32. The van der Waals surface area contributed by atoms with Crippen molar-refractivity contribution in [1.29, 1.82) is 0 Å². The number of carbonyl (C=O) groups is 1. The first-order valence-electron chi connectivity index (χ1n) is 8.96. The lowest BCUT2D eigenvalue weighted by Crippen LogP contribution is -2.43. The molecule has 134 valence electrons. The van der Waals surface area contributed by atoms with E-state index in [4.69, 9.17) is 4.43 Å². The Bertz CT molecular complexity index is 417. The van der Waals surface area contributed by atoms with Crippen LogP contribution in [0.25, 0.3) is 0 Å². The van der Waals surface area contributed by atoms with Gasteiger partial charge in [-0.1, -0.05) is 64.1 Å². The van der Waals surface area contributed by atoms with Gasteiger partial charge in [-0.3, -0.25) is 4.79 Å². The summed E-state index contributed by atoms with van der Waals surface area (Å²) in [6.45, 7) is 17.0. The van der Waals surface area contributed by atoms with E-state index in [1.165, 1.54) is 22.9 Å². The van der Waals surface area contributed by atoms with Crippen LogP contribution in [-0.4, -0.2) is 25.3 Å². The van der Waals surface area contributed by atoms with Gasteiger partial charge in [0.05, 0.1) is 12.0 Å². The van der Waals surface area contributed by atoms with E-state index >= 15 is 0 Å². The molecule has 0 radical (unpaired) electrons. The Kier molecular flexibility index (Phi) is 11.1. The van der Waals surface area contributed by atoms with Crippen LogP contribution in [0, 0.1) is 5.92 Å². The minimum atomic E-state index is -1.76. The van der Waals surface area contributed by atoms with E-state index in [1.54, 1.807) is 0 Å². The summed E-state index contributed by atoms with van der Waals surface area (Å²) in [5.74, 6) is 0.724. The number of allylic oxidation sites excluding steroid dienone is 3. The van der Waals surface area contributed by atoms with E-state index in [1.807, 2.05) is 20.8 Å². The number of hydrogen-bond donors (Lipinski definition) is 0. The van der Waals surface area contributed by atoms with E-state index in [9.17, 15) is 4.79 Å². The lowest BCUT2D eigenvalue weighted by Gasteiger charge is -2.36. The molecule has 0 N–H and O–H groups in total. The average Bonchev–Trinajstić information content (AvgIpc) is 2.56. The summed E-state index contributed by atoms with van der Waals surface area (Å²) in [6.07, 6.45) is 4.17. The molecule has 0 aliphatic rings. The maximum atomic E-state index is 12.5. The fourth-order valence-corrected chi connectivity index (χ4v) is 6.38. The smallest absolute Gasteiger partial charge is 0.194 e. The van der Waals surface area contributed by atoms with Crippen molar-refractivity contribution in [2.45, 2.75) is 79.6 Å². The summed E-state index contributed by atoms with van der Waals surface area (Å²) in [5.41, 5.74) is 2.39. The van der Waals surface area contributed by atoms with Crippen molar-refractivity contribution in [2.24, 2.45) is 5.92 Å². The minimum absolute atomic E-state index is 0.0945. The van der Waals surface area contributed by atoms with Gasteiger partial charge in [-0.15, -0.1) is 0 Å². The third kappa shape index (κ3) is 6.98. The monoisotopic (exact) mass is 356 g/mol. The zero-order valence-corrected chi connectivity index (χ0v) is 18.2. The predicted molar refractivity (Wildman–Crippen MR) is 108 cm³/mol. The molecule has 0 bridgehead atoms. The van der Waals surface area contributed by atoms with E-state index < -0.39 is 8.32 Å². The summed E-state index contributed by atoms with van der Waals surface area (Å²) in [7, 11) is -1.76. The molecule has 0 rings (SSSR count). The maximum absolute atomic E-state index is 12.5. The molecule has 0 aromatic rings. The first-order chi connectivity index (χ1) is 10.8. The molecule has 0 aromatic heterocycles. The predicted octanol–water partition coefficient (Wildman–Crippen LogP) is 6.21. The Morgan fingerprint density at radius 2 is 1.65 bits per heavy atom. The van der Waals surface area contributed by atoms with Crippen molar-refractivity contribution in [3.8, 4) is 0 Å². The van der Waals surface area contributed by atoms with Crippen LogP contribution < -0.4 is 0 Å². The minimum Gasteiger partial charge on any atom is -0.410 e. The molecule has 0 heterocycles. The summed E-state index contributed by atoms with van der Waals surface area (Å²) in [4.78, 5) is 12.5. The van der Waals surface area contributed by atoms with Gasteiger partial charge in [0.25, 0.3) is 0 Å². The topological polar surface area (TPSA) is 26.3 Å². The Labute approximate surface area is 149 Å². The first kappa shape index (κ1) is 22.7. The van der Waals surface area contributed by atoms with Crippen molar-refractivity contribution in [1.82, 2.24) is 0 Å². The van der Waals surface area contributed by atoms with Crippen molar-refractivity contribution in [2.75, 3.05) is 5.75 Å².